The van der Waals surface area contributed by atoms with Gasteiger partial charge in [0, 0.05) is 19.1 Å². The van der Waals surface area contributed by atoms with Crippen LogP contribution in [-0.4, -0.2) is 65.6 Å². The van der Waals surface area contributed by atoms with Crippen LogP contribution in [0.5, 0.6) is 5.75 Å². The molecular weight excluding hydrogens is 454 g/mol. The van der Waals surface area contributed by atoms with Gasteiger partial charge >= 0.3 is 0 Å². The van der Waals surface area contributed by atoms with Crippen LogP contribution in [0.15, 0.2) is 27.9 Å². The second kappa shape index (κ2) is 9.14. The van der Waals surface area contributed by atoms with Crippen LogP contribution in [0.4, 0.5) is 0 Å². The maximum absolute atomic E-state index is 13.1. The molecular formula is C24H34N5O4S+. The molecule has 1 saturated heterocycles. The second-order valence-electron chi connectivity index (χ2n) is 9.96. The van der Waals surface area contributed by atoms with Crippen LogP contribution in [0, 0.1) is 5.92 Å². The van der Waals surface area contributed by atoms with E-state index in [1.54, 1.807) is 6.07 Å². The molecule has 2 aromatic heterocycles. The highest BCUT2D eigenvalue weighted by Crippen LogP contribution is 2.31. The first-order chi connectivity index (χ1) is 16.0. The molecule has 1 fully saturated rings. The number of rotatable bonds is 8. The van der Waals surface area contributed by atoms with Gasteiger partial charge in [0.1, 0.15) is 17.1 Å². The van der Waals surface area contributed by atoms with Crippen LogP contribution in [-0.2, 0) is 22.9 Å². The van der Waals surface area contributed by atoms with Crippen molar-refractivity contribution in [1.82, 2.24) is 19.7 Å². The summed E-state index contributed by atoms with van der Waals surface area (Å²) in [6.07, 6.45) is 4.21. The predicted octanol–water partition coefficient (Wildman–Crippen LogP) is 2.99. The molecule has 1 aromatic carbocycles. The van der Waals surface area contributed by atoms with E-state index in [1.807, 2.05) is 25.5 Å². The third-order valence-electron chi connectivity index (χ3n) is 6.36. The number of likely N-dealkylation sites (tertiary alicyclic amines) is 1. The third-order valence-corrected chi connectivity index (χ3v) is 7.47. The molecule has 0 radical (unpaired) electrons. The molecule has 3 heterocycles. The molecule has 0 bridgehead atoms. The summed E-state index contributed by atoms with van der Waals surface area (Å²) in [6, 6.07) is 4.66. The lowest BCUT2D eigenvalue weighted by Gasteiger charge is -2.29. The van der Waals surface area contributed by atoms with Gasteiger partial charge in [0.25, 0.3) is 5.56 Å². The van der Waals surface area contributed by atoms with E-state index in [0.29, 0.717) is 42.0 Å². The monoisotopic (exact) mass is 488 g/mol. The van der Waals surface area contributed by atoms with Crippen LogP contribution in [0.1, 0.15) is 39.3 Å². The van der Waals surface area contributed by atoms with Crippen molar-refractivity contribution in [1.29, 1.82) is 0 Å². The van der Waals surface area contributed by atoms with Gasteiger partial charge < -0.3 is 14.2 Å². The van der Waals surface area contributed by atoms with Gasteiger partial charge in [-0.25, -0.2) is 18.1 Å². The molecule has 4 rings (SSSR count). The summed E-state index contributed by atoms with van der Waals surface area (Å²) in [5, 5.41) is 4.63. The molecule has 0 aliphatic carbocycles. The lowest BCUT2D eigenvalue weighted by atomic mass is 10.1. The molecule has 0 unspecified atom stereocenters. The summed E-state index contributed by atoms with van der Waals surface area (Å²) in [5.74, 6) is 1.03. The number of hydrogen-bond donors (Lipinski definition) is 1. The van der Waals surface area contributed by atoms with Gasteiger partial charge in [0.2, 0.25) is 0 Å². The van der Waals surface area contributed by atoms with E-state index in [1.165, 1.54) is 25.0 Å². The molecule has 0 amide bonds. The number of nitrogens with zero attached hydrogens (tertiary/aromatic N) is 4. The minimum atomic E-state index is -3.46. The fraction of sp³-hybridized carbons (Fsp3) is 0.542. The van der Waals surface area contributed by atoms with Gasteiger partial charge in [-0.1, -0.05) is 20.8 Å². The van der Waals surface area contributed by atoms with Crippen LogP contribution in [0.2, 0.25) is 0 Å². The van der Waals surface area contributed by atoms with Crippen molar-refractivity contribution in [2.24, 2.45) is 5.92 Å². The summed E-state index contributed by atoms with van der Waals surface area (Å²) < 4.78 is 33.2. The molecule has 3 aromatic rings. The Bertz CT molecular complexity index is 1370. The number of aromatic nitrogens is 4. The fourth-order valence-corrected chi connectivity index (χ4v) is 5.18. The Morgan fingerprint density at radius 2 is 1.91 bits per heavy atom. The number of H-pyrrole nitrogens is 1. The van der Waals surface area contributed by atoms with Crippen molar-refractivity contribution < 1.29 is 17.6 Å². The number of fused-ring (bicyclic) bond motifs is 1. The van der Waals surface area contributed by atoms with Crippen molar-refractivity contribution in [2.45, 2.75) is 51.6 Å². The van der Waals surface area contributed by atoms with Gasteiger partial charge in [-0.2, -0.15) is 5.10 Å². The minimum Gasteiger partial charge on any atom is -0.493 e. The Labute approximate surface area is 200 Å². The second-order valence-corrected chi connectivity index (χ2v) is 12.0. The largest absolute Gasteiger partial charge is 0.493 e. The summed E-state index contributed by atoms with van der Waals surface area (Å²) in [6.45, 7) is 9.41. The number of ether oxygens (including phenoxy) is 1. The molecule has 10 heteroatoms. The smallest absolute Gasteiger partial charge is 0.279 e. The molecule has 1 aliphatic rings. The van der Waals surface area contributed by atoms with Crippen molar-refractivity contribution in [3.05, 3.63) is 34.2 Å². The predicted molar refractivity (Wildman–Crippen MR) is 132 cm³/mol. The third kappa shape index (κ3) is 4.88. The van der Waals surface area contributed by atoms with Crippen molar-refractivity contribution in [2.75, 3.05) is 33.0 Å². The van der Waals surface area contributed by atoms with E-state index >= 15 is 0 Å². The standard InChI is InChI=1S/C24H33N5O4S/c1-6-19-21-22(27-28(19)15-29(4)11-7-8-12-29)24(30)26-23(25-21)18-13-17(34(5,31)32)9-10-20(18)33-14-16(2)3/h9-10,13,16H,6-8,11-12,14-15H2,1-5H3/p+1. The number of benzene rings is 1. The van der Waals surface area contributed by atoms with Crippen molar-refractivity contribution in [3.63, 3.8) is 0 Å². The molecule has 0 spiro atoms. The normalized spacial score (nSPS) is 15.9. The number of nitrogens with one attached hydrogen (secondary N) is 1. The van der Waals surface area contributed by atoms with E-state index < -0.39 is 9.84 Å². The zero-order chi connectivity index (χ0) is 24.7. The van der Waals surface area contributed by atoms with Crippen LogP contribution >= 0.6 is 0 Å². The van der Waals surface area contributed by atoms with Crippen LogP contribution < -0.4 is 10.3 Å². The maximum atomic E-state index is 13.1. The highest BCUT2D eigenvalue weighted by Gasteiger charge is 2.29. The first-order valence-corrected chi connectivity index (χ1v) is 13.7. The number of sulfone groups is 1. The minimum absolute atomic E-state index is 0.139. The molecule has 184 valence electrons. The van der Waals surface area contributed by atoms with Crippen molar-refractivity contribution >= 4 is 20.9 Å². The lowest BCUT2D eigenvalue weighted by Crippen LogP contribution is -2.42. The van der Waals surface area contributed by atoms with Crippen molar-refractivity contribution in [3.8, 4) is 17.1 Å². The summed E-state index contributed by atoms with van der Waals surface area (Å²) in [4.78, 5) is 20.8. The molecule has 9 nitrogen and oxygen atoms in total. The Kier molecular flexibility index (Phi) is 6.56. The summed E-state index contributed by atoms with van der Waals surface area (Å²) in [7, 11) is -1.24. The Morgan fingerprint density at radius 3 is 2.53 bits per heavy atom. The van der Waals surface area contributed by atoms with Gasteiger partial charge in [-0.15, -0.1) is 0 Å². The molecule has 0 atom stereocenters. The molecule has 1 N–H and O–H groups in total. The molecule has 0 saturated carbocycles. The van der Waals surface area contributed by atoms with E-state index in [9.17, 15) is 13.2 Å². The van der Waals surface area contributed by atoms with Gasteiger partial charge in [-0.3, -0.25) is 4.79 Å². The Morgan fingerprint density at radius 1 is 1.21 bits per heavy atom. The van der Waals surface area contributed by atoms with Gasteiger partial charge in [0.05, 0.1) is 42.9 Å². The van der Waals surface area contributed by atoms with Gasteiger partial charge in [-0.05, 0) is 30.5 Å². The average Bonchev–Trinajstić information content (AvgIpc) is 3.34. The summed E-state index contributed by atoms with van der Waals surface area (Å²) >= 11 is 0. The Balaban J connectivity index is 1.87. The number of aryl methyl sites for hydroxylation is 1. The SMILES string of the molecule is CCc1c2nc(-c3cc(S(C)(=O)=O)ccc3OCC(C)C)[nH]c(=O)c2nn1C[N+]1(C)CCCC1. The zero-order valence-electron chi connectivity index (χ0n) is 20.6. The highest BCUT2D eigenvalue weighted by atomic mass is 32.2. The fourth-order valence-electron chi connectivity index (χ4n) is 4.53. The first kappa shape index (κ1) is 24.4. The van der Waals surface area contributed by atoms with Gasteiger partial charge in [0.15, 0.2) is 22.0 Å². The lowest BCUT2D eigenvalue weighted by molar-refractivity contribution is -0.920. The average molecular weight is 489 g/mol. The molecule has 34 heavy (non-hydrogen) atoms. The number of quaternary nitrogens is 1. The molecule has 1 aliphatic heterocycles. The number of aromatic amines is 1. The van der Waals surface area contributed by atoms with Crippen LogP contribution in [0.25, 0.3) is 22.4 Å². The van der Waals surface area contributed by atoms with E-state index in [0.717, 1.165) is 29.5 Å². The zero-order valence-corrected chi connectivity index (χ0v) is 21.4. The Hall–Kier alpha value is -2.72. The summed E-state index contributed by atoms with van der Waals surface area (Å²) in [5.41, 5.74) is 1.84. The first-order valence-electron chi connectivity index (χ1n) is 11.8. The maximum Gasteiger partial charge on any atom is 0.279 e. The van der Waals surface area contributed by atoms with E-state index in [4.69, 9.17) is 9.72 Å². The number of hydrogen-bond acceptors (Lipinski definition) is 6. The van der Waals surface area contributed by atoms with E-state index in [2.05, 4.69) is 17.1 Å². The van der Waals surface area contributed by atoms with E-state index in [-0.39, 0.29) is 22.2 Å². The highest BCUT2D eigenvalue weighted by molar-refractivity contribution is 7.90. The quantitative estimate of drug-likeness (QED) is 0.489. The topological polar surface area (TPSA) is 107 Å². The van der Waals surface area contributed by atoms with Crippen LogP contribution in [0.3, 0.4) is 0 Å².